The predicted molar refractivity (Wildman–Crippen MR) is 33.0 cm³/mol. The number of nitrogens with one attached hydrogen (secondary N) is 1. The number of aliphatic hydroxyl groups excluding tert-OH is 1. The molecule has 0 spiro atoms. The Kier molecular flexibility index (Phi) is 4.07. The maximum atomic E-state index is 8.45. The highest BCUT2D eigenvalue weighted by atomic mass is 16.3. The van der Waals surface area contributed by atoms with Crippen LogP contribution in [0.25, 0.3) is 0 Å². The third kappa shape index (κ3) is 2.47. The predicted octanol–water partition coefficient (Wildman–Crippen LogP) is -0.612. The number of nitrogens with two attached hydrogens (primary N) is 1. The Labute approximate surface area is 49.2 Å². The average molecular weight is 116 g/mol. The summed E-state index contributed by atoms with van der Waals surface area (Å²) in [6.07, 6.45) is 1.36. The lowest BCUT2D eigenvalue weighted by Gasteiger charge is -2.01. The summed E-state index contributed by atoms with van der Waals surface area (Å²) in [6.45, 7) is 2.73. The summed E-state index contributed by atoms with van der Waals surface area (Å²) in [5.74, 6) is 0. The van der Waals surface area contributed by atoms with Crippen molar-refractivity contribution in [3.8, 4) is 0 Å². The van der Waals surface area contributed by atoms with Crippen molar-refractivity contribution in [3.63, 3.8) is 0 Å². The van der Waals surface area contributed by atoms with Gasteiger partial charge in [0.2, 0.25) is 0 Å². The highest BCUT2D eigenvalue weighted by molar-refractivity contribution is 4.95. The van der Waals surface area contributed by atoms with Crippen molar-refractivity contribution in [2.75, 3.05) is 13.2 Å². The third-order valence-corrected chi connectivity index (χ3v) is 0.775. The van der Waals surface area contributed by atoms with Crippen LogP contribution >= 0.6 is 0 Å². The highest BCUT2D eigenvalue weighted by Crippen LogP contribution is 1.79. The Balaban J connectivity index is 3.38. The zero-order valence-corrected chi connectivity index (χ0v) is 5.02. The Morgan fingerprint density at radius 2 is 2.50 bits per heavy atom. The van der Waals surface area contributed by atoms with Gasteiger partial charge in [-0.15, -0.1) is 0 Å². The number of rotatable bonds is 3. The van der Waals surface area contributed by atoms with Crippen LogP contribution in [0.15, 0.2) is 11.9 Å². The van der Waals surface area contributed by atoms with Crippen molar-refractivity contribution in [1.82, 2.24) is 5.32 Å². The van der Waals surface area contributed by atoms with Gasteiger partial charge in [-0.25, -0.2) is 0 Å². The second-order valence-electron chi connectivity index (χ2n) is 1.38. The quantitative estimate of drug-likeness (QED) is 0.461. The van der Waals surface area contributed by atoms with Crippen molar-refractivity contribution in [2.24, 2.45) is 5.73 Å². The topological polar surface area (TPSA) is 58.3 Å². The zero-order valence-electron chi connectivity index (χ0n) is 5.02. The lowest BCUT2D eigenvalue weighted by atomic mass is 10.5. The van der Waals surface area contributed by atoms with E-state index in [1.165, 1.54) is 6.20 Å². The molecule has 0 rings (SSSR count). The van der Waals surface area contributed by atoms with Crippen molar-refractivity contribution in [2.45, 2.75) is 6.92 Å². The maximum Gasteiger partial charge on any atom is 0.0842 e. The van der Waals surface area contributed by atoms with E-state index >= 15 is 0 Å². The molecule has 0 heterocycles. The van der Waals surface area contributed by atoms with Gasteiger partial charge >= 0.3 is 0 Å². The van der Waals surface area contributed by atoms with Crippen LogP contribution in [0.5, 0.6) is 0 Å². The molecular weight excluding hydrogens is 104 g/mol. The number of hydrogen-bond donors (Lipinski definition) is 3. The molecule has 0 radical (unpaired) electrons. The molecule has 0 saturated heterocycles. The van der Waals surface area contributed by atoms with E-state index in [1.54, 1.807) is 0 Å². The molecule has 0 aliphatic heterocycles. The first kappa shape index (κ1) is 7.30. The van der Waals surface area contributed by atoms with Crippen LogP contribution in [-0.2, 0) is 0 Å². The van der Waals surface area contributed by atoms with Crippen molar-refractivity contribution >= 4 is 0 Å². The van der Waals surface area contributed by atoms with Gasteiger partial charge in [0.1, 0.15) is 0 Å². The van der Waals surface area contributed by atoms with E-state index in [0.717, 1.165) is 6.54 Å². The van der Waals surface area contributed by atoms with E-state index < -0.39 is 0 Å². The third-order valence-electron chi connectivity index (χ3n) is 0.775. The van der Waals surface area contributed by atoms with E-state index in [9.17, 15) is 0 Å². The molecule has 4 N–H and O–H groups in total. The Hall–Kier alpha value is -0.700. The van der Waals surface area contributed by atoms with Crippen molar-refractivity contribution in [1.29, 1.82) is 0 Å². The Bertz CT molecular complexity index is 80.5. The largest absolute Gasteiger partial charge is 0.403 e. The Morgan fingerprint density at radius 1 is 1.88 bits per heavy atom. The normalized spacial score (nSPS) is 11.5. The summed E-state index contributed by atoms with van der Waals surface area (Å²) in [4.78, 5) is 0. The van der Waals surface area contributed by atoms with Gasteiger partial charge in [0.05, 0.1) is 12.3 Å². The molecule has 0 bridgehead atoms. The van der Waals surface area contributed by atoms with Gasteiger partial charge in [0.15, 0.2) is 0 Å². The van der Waals surface area contributed by atoms with Gasteiger partial charge in [-0.2, -0.15) is 0 Å². The van der Waals surface area contributed by atoms with Crippen LogP contribution in [-0.4, -0.2) is 18.3 Å². The minimum absolute atomic E-state index is 0.00958. The number of aliphatic hydroxyl groups is 1. The first-order valence-electron chi connectivity index (χ1n) is 2.60. The molecule has 0 aromatic rings. The molecule has 0 aromatic carbocycles. The lowest BCUT2D eigenvalue weighted by Crippen LogP contribution is -2.16. The zero-order chi connectivity index (χ0) is 6.41. The summed E-state index contributed by atoms with van der Waals surface area (Å²) in [7, 11) is 0. The lowest BCUT2D eigenvalue weighted by molar-refractivity contribution is 0.321. The van der Waals surface area contributed by atoms with Crippen LogP contribution < -0.4 is 11.1 Å². The fourth-order valence-electron chi connectivity index (χ4n) is 0.395. The van der Waals surface area contributed by atoms with E-state index in [-0.39, 0.29) is 6.61 Å². The summed E-state index contributed by atoms with van der Waals surface area (Å²) < 4.78 is 0. The van der Waals surface area contributed by atoms with E-state index in [1.807, 2.05) is 6.92 Å². The van der Waals surface area contributed by atoms with Crippen LogP contribution in [0.1, 0.15) is 6.92 Å². The van der Waals surface area contributed by atoms with Crippen LogP contribution in [0, 0.1) is 0 Å². The van der Waals surface area contributed by atoms with Gasteiger partial charge in [-0.1, -0.05) is 0 Å². The molecule has 0 amide bonds. The molecule has 0 fully saturated rings. The molecule has 0 aromatic heterocycles. The van der Waals surface area contributed by atoms with Gasteiger partial charge in [-0.3, -0.25) is 0 Å². The standard InChI is InChI=1S/C5H12N2O/c1-2-7-5(3-6)4-8/h3,7-8H,2,4,6H2,1H3/b5-3-. The molecular formula is C5H12N2O. The molecule has 3 heteroatoms. The van der Waals surface area contributed by atoms with Crippen LogP contribution in [0.4, 0.5) is 0 Å². The smallest absolute Gasteiger partial charge is 0.0842 e. The second-order valence-corrected chi connectivity index (χ2v) is 1.38. The Morgan fingerprint density at radius 3 is 2.62 bits per heavy atom. The highest BCUT2D eigenvalue weighted by Gasteiger charge is 1.85. The number of hydrogen-bond acceptors (Lipinski definition) is 3. The molecule has 0 atom stereocenters. The average Bonchev–Trinajstić information content (AvgIpc) is 1.83. The minimum Gasteiger partial charge on any atom is -0.403 e. The summed E-state index contributed by atoms with van der Waals surface area (Å²) in [5, 5.41) is 11.3. The second kappa shape index (κ2) is 4.46. The van der Waals surface area contributed by atoms with Crippen molar-refractivity contribution < 1.29 is 5.11 Å². The molecule has 0 saturated carbocycles. The van der Waals surface area contributed by atoms with Gasteiger partial charge < -0.3 is 16.2 Å². The first-order valence-corrected chi connectivity index (χ1v) is 2.60. The van der Waals surface area contributed by atoms with Crippen LogP contribution in [0.3, 0.4) is 0 Å². The van der Waals surface area contributed by atoms with E-state index in [0.29, 0.717) is 5.70 Å². The number of likely N-dealkylation sites (N-methyl/N-ethyl adjacent to an activating group) is 1. The molecule has 0 aliphatic carbocycles. The monoisotopic (exact) mass is 116 g/mol. The fourth-order valence-corrected chi connectivity index (χ4v) is 0.395. The molecule has 48 valence electrons. The first-order chi connectivity index (χ1) is 3.85. The molecule has 8 heavy (non-hydrogen) atoms. The van der Waals surface area contributed by atoms with Crippen molar-refractivity contribution in [3.05, 3.63) is 11.9 Å². The summed E-state index contributed by atoms with van der Waals surface area (Å²) in [6, 6.07) is 0. The van der Waals surface area contributed by atoms with Gasteiger partial charge in [-0.05, 0) is 6.92 Å². The van der Waals surface area contributed by atoms with Gasteiger partial charge in [0, 0.05) is 12.7 Å². The summed E-state index contributed by atoms with van der Waals surface area (Å²) in [5.41, 5.74) is 5.76. The van der Waals surface area contributed by atoms with E-state index in [2.05, 4.69) is 5.32 Å². The van der Waals surface area contributed by atoms with Crippen LogP contribution in [0.2, 0.25) is 0 Å². The molecule has 0 unspecified atom stereocenters. The SMILES string of the molecule is CCN/C(=C\N)CO. The maximum absolute atomic E-state index is 8.45. The van der Waals surface area contributed by atoms with E-state index in [4.69, 9.17) is 10.8 Å². The summed E-state index contributed by atoms with van der Waals surface area (Å²) >= 11 is 0. The minimum atomic E-state index is -0.00958. The molecule has 3 nitrogen and oxygen atoms in total. The fraction of sp³-hybridized carbons (Fsp3) is 0.600. The molecule has 0 aliphatic rings. The van der Waals surface area contributed by atoms with Gasteiger partial charge in [0.25, 0.3) is 0 Å².